The quantitative estimate of drug-likeness (QED) is 0.336. The highest BCUT2D eigenvalue weighted by Crippen LogP contribution is 2.23. The first kappa shape index (κ1) is 35.3. The molecule has 10 nitrogen and oxygen atoms in total. The Morgan fingerprint density at radius 3 is 1.95 bits per heavy atom. The average Bonchev–Trinajstić information content (AvgIpc) is 2.83. The summed E-state index contributed by atoms with van der Waals surface area (Å²) >= 11 is 6.53. The molecule has 4 amide bonds. The number of amides is 4. The Kier molecular flexibility index (Phi) is 16.4. The monoisotopic (exact) mass is 570 g/mol. The van der Waals surface area contributed by atoms with Crippen LogP contribution in [0.4, 0.5) is 9.59 Å². The van der Waals surface area contributed by atoms with Gasteiger partial charge in [-0.1, -0.05) is 72.6 Å². The maximum absolute atomic E-state index is 12.0. The van der Waals surface area contributed by atoms with E-state index < -0.39 is 12.2 Å². The minimum absolute atomic E-state index is 0. The number of nitrogens with one attached hydrogen (secondary N) is 1. The van der Waals surface area contributed by atoms with Crippen LogP contribution in [0.3, 0.4) is 0 Å². The number of nitrogens with zero attached hydrogens (tertiary/aromatic N) is 3. The van der Waals surface area contributed by atoms with Gasteiger partial charge in [0.1, 0.15) is 31.3 Å². The highest BCUT2D eigenvalue weighted by Gasteiger charge is 2.36. The van der Waals surface area contributed by atoms with Gasteiger partial charge in [0.25, 0.3) is 5.91 Å². The highest BCUT2D eigenvalue weighted by atomic mass is 32.2. The van der Waals surface area contributed by atoms with E-state index in [-0.39, 0.29) is 57.6 Å². The van der Waals surface area contributed by atoms with Crippen molar-refractivity contribution in [1.82, 2.24) is 15.1 Å². The lowest BCUT2D eigenvalue weighted by molar-refractivity contribution is -0.122. The van der Waals surface area contributed by atoms with Crippen LogP contribution in [0, 0.1) is 11.8 Å². The van der Waals surface area contributed by atoms with E-state index in [9.17, 15) is 19.2 Å². The van der Waals surface area contributed by atoms with Gasteiger partial charge in [0.15, 0.2) is 0 Å². The van der Waals surface area contributed by atoms with Crippen LogP contribution in [0.15, 0.2) is 30.3 Å². The van der Waals surface area contributed by atoms with Crippen molar-refractivity contribution in [3.05, 3.63) is 25.3 Å². The molecule has 0 aliphatic carbocycles. The van der Waals surface area contributed by atoms with E-state index in [1.807, 2.05) is 20.1 Å². The number of piperazine rings is 1. The van der Waals surface area contributed by atoms with Gasteiger partial charge in [-0.3, -0.25) is 19.4 Å². The summed E-state index contributed by atoms with van der Waals surface area (Å²) in [6.45, 7) is 15.4. The smallest absolute Gasteiger partial charge is 0.411 e. The lowest BCUT2D eigenvalue weighted by atomic mass is 10.0. The van der Waals surface area contributed by atoms with Crippen molar-refractivity contribution in [2.24, 2.45) is 16.8 Å². The predicted molar refractivity (Wildman–Crippen MR) is 156 cm³/mol. The van der Waals surface area contributed by atoms with Gasteiger partial charge in [-0.15, -0.1) is 11.8 Å². The van der Waals surface area contributed by atoms with Crippen LogP contribution in [0.1, 0.15) is 48.0 Å². The summed E-state index contributed by atoms with van der Waals surface area (Å²) < 4.78 is 10.0. The molecule has 0 unspecified atom stereocenters. The van der Waals surface area contributed by atoms with Gasteiger partial charge in [0, 0.05) is 0 Å². The van der Waals surface area contributed by atoms with Crippen LogP contribution >= 0.6 is 24.0 Å². The van der Waals surface area contributed by atoms with Crippen molar-refractivity contribution in [2.45, 2.75) is 60.0 Å². The minimum atomic E-state index is -0.530. The summed E-state index contributed by atoms with van der Waals surface area (Å²) in [6.07, 6.45) is 5.29. The first-order valence-corrected chi connectivity index (χ1v) is 13.7. The maximum atomic E-state index is 12.0. The van der Waals surface area contributed by atoms with Crippen molar-refractivity contribution in [1.29, 1.82) is 0 Å². The third kappa shape index (κ3) is 11.3. The van der Waals surface area contributed by atoms with Gasteiger partial charge in [-0.2, -0.15) is 0 Å². The Morgan fingerprint density at radius 2 is 1.50 bits per heavy atom. The fourth-order valence-electron chi connectivity index (χ4n) is 3.64. The molecule has 2 aliphatic heterocycles. The standard InChI is InChI=1S/C13H20N2O3S.C12H18N2O3S.CH4/c1-5-6-18-13(17)15-8-11(16)14-12(19-4)10(15)7-9(2)3;1-4-5-17-12(16)14-7-10(15)13-11(18)9(14)6-8(2)3;/h5,9-10H,1,6-8H2,2-4H3;4,8-9H,1,5-7H2,2-3H3,(H,13,15,18);1H4/t10-;9-;/m00./s1. The Morgan fingerprint density at radius 1 is 1.03 bits per heavy atom. The first-order chi connectivity index (χ1) is 17.4. The van der Waals surface area contributed by atoms with Gasteiger partial charge in [0.05, 0.1) is 17.1 Å². The molecule has 0 spiro atoms. The number of hydrogen-bond acceptors (Lipinski definition) is 8. The van der Waals surface area contributed by atoms with Crippen LogP contribution in [-0.4, -0.2) is 88.5 Å². The van der Waals surface area contributed by atoms with E-state index in [1.54, 1.807) is 0 Å². The molecule has 38 heavy (non-hydrogen) atoms. The number of aliphatic imine (C=N–C) groups is 1. The number of rotatable bonds is 8. The minimum Gasteiger partial charge on any atom is -0.445 e. The first-order valence-electron chi connectivity index (χ1n) is 12.0. The maximum Gasteiger partial charge on any atom is 0.411 e. The molecule has 12 heteroatoms. The van der Waals surface area contributed by atoms with Crippen molar-refractivity contribution >= 4 is 58.0 Å². The molecule has 0 aromatic rings. The van der Waals surface area contributed by atoms with E-state index in [4.69, 9.17) is 21.7 Å². The largest absolute Gasteiger partial charge is 0.445 e. The van der Waals surface area contributed by atoms with Crippen LogP contribution in [0.2, 0.25) is 0 Å². The molecule has 1 N–H and O–H groups in total. The zero-order valence-electron chi connectivity index (χ0n) is 22.2. The molecule has 0 aromatic carbocycles. The van der Waals surface area contributed by atoms with Gasteiger partial charge in [-0.05, 0) is 30.9 Å². The Bertz CT molecular complexity index is 906. The molecular formula is C26H42N4O6S2. The van der Waals surface area contributed by atoms with Crippen molar-refractivity contribution in [3.8, 4) is 0 Å². The summed E-state index contributed by atoms with van der Waals surface area (Å²) in [7, 11) is 0. The van der Waals surface area contributed by atoms with E-state index in [2.05, 4.69) is 37.3 Å². The Hall–Kier alpha value is -2.73. The van der Waals surface area contributed by atoms with Crippen LogP contribution in [-0.2, 0) is 19.1 Å². The summed E-state index contributed by atoms with van der Waals surface area (Å²) in [4.78, 5) is 54.1. The summed E-state index contributed by atoms with van der Waals surface area (Å²) in [5.41, 5.74) is 0. The van der Waals surface area contributed by atoms with Crippen molar-refractivity contribution in [2.75, 3.05) is 32.6 Å². The van der Waals surface area contributed by atoms with Gasteiger partial charge < -0.3 is 14.8 Å². The number of thiocarbonyl (C=S) groups is 1. The molecule has 1 fully saturated rings. The zero-order chi connectivity index (χ0) is 28.1. The summed E-state index contributed by atoms with van der Waals surface area (Å²) in [5, 5.41) is 3.28. The molecule has 0 saturated carbocycles. The predicted octanol–water partition coefficient (Wildman–Crippen LogP) is 4.45. The van der Waals surface area contributed by atoms with Gasteiger partial charge >= 0.3 is 12.2 Å². The molecule has 2 heterocycles. The van der Waals surface area contributed by atoms with Crippen molar-refractivity contribution in [3.63, 3.8) is 0 Å². The molecule has 214 valence electrons. The Balaban J connectivity index is 0.000000703. The van der Waals surface area contributed by atoms with Crippen LogP contribution in [0.25, 0.3) is 0 Å². The zero-order valence-corrected chi connectivity index (χ0v) is 23.9. The third-order valence-electron chi connectivity index (χ3n) is 5.17. The molecule has 2 atom stereocenters. The molecular weight excluding hydrogens is 528 g/mol. The lowest BCUT2D eigenvalue weighted by Crippen LogP contribution is -2.59. The van der Waals surface area contributed by atoms with E-state index in [1.165, 1.54) is 33.7 Å². The second-order valence-corrected chi connectivity index (χ2v) is 10.5. The van der Waals surface area contributed by atoms with Gasteiger partial charge in [-0.25, -0.2) is 14.6 Å². The normalized spacial score (nSPS) is 19.0. The summed E-state index contributed by atoms with van der Waals surface area (Å²) in [6, 6.07) is -0.458. The van der Waals surface area contributed by atoms with Crippen molar-refractivity contribution < 1.29 is 28.7 Å². The topological polar surface area (TPSA) is 118 Å². The number of thioether (sulfide) groups is 1. The second-order valence-electron chi connectivity index (χ2n) is 9.24. The number of hydrogen-bond donors (Lipinski definition) is 1. The van der Waals surface area contributed by atoms with E-state index in [0.29, 0.717) is 28.3 Å². The second kappa shape index (κ2) is 17.7. The van der Waals surface area contributed by atoms with Gasteiger partial charge in [0.2, 0.25) is 5.91 Å². The SMILES string of the molecule is C.C=CCOC(=O)N1CC(=O)N=C(SC)[C@@H]1CC(C)C.C=CCOC(=O)N1CC(=O)NC(=S)[C@@H]1CC(C)C. The van der Waals surface area contributed by atoms with Crippen LogP contribution < -0.4 is 5.32 Å². The molecule has 0 bridgehead atoms. The third-order valence-corrected chi connectivity index (χ3v) is 6.33. The van der Waals surface area contributed by atoms with Crippen LogP contribution in [0.5, 0.6) is 0 Å². The number of carbonyl (C=O) groups excluding carboxylic acids is 4. The Labute approximate surface area is 236 Å². The number of ether oxygens (including phenoxy) is 2. The lowest BCUT2D eigenvalue weighted by Gasteiger charge is -2.35. The molecule has 0 aromatic heterocycles. The molecule has 1 saturated heterocycles. The molecule has 2 rings (SSSR count). The highest BCUT2D eigenvalue weighted by molar-refractivity contribution is 8.13. The summed E-state index contributed by atoms with van der Waals surface area (Å²) in [5.74, 6) is 0.165. The fourth-order valence-corrected chi connectivity index (χ4v) is 4.66. The number of carbonyl (C=O) groups is 4. The average molecular weight is 571 g/mol. The fraction of sp³-hybridized carbons (Fsp3) is 0.615. The molecule has 0 radical (unpaired) electrons. The van der Waals surface area contributed by atoms with E-state index in [0.717, 1.165) is 6.42 Å². The van der Waals surface area contributed by atoms with E-state index >= 15 is 0 Å². The molecule has 2 aliphatic rings.